The molecule has 0 radical (unpaired) electrons. The summed E-state index contributed by atoms with van der Waals surface area (Å²) in [4.78, 5) is 41.0. The summed E-state index contributed by atoms with van der Waals surface area (Å²) in [6.07, 6.45) is 3.90. The molecule has 3 atom stereocenters. The van der Waals surface area contributed by atoms with Crippen molar-refractivity contribution in [2.45, 2.75) is 65.2 Å². The number of benzene rings is 1. The Labute approximate surface area is 201 Å². The highest BCUT2D eigenvalue weighted by Gasteiger charge is 2.33. The van der Waals surface area contributed by atoms with Crippen molar-refractivity contribution in [3.05, 3.63) is 69.6 Å². The summed E-state index contributed by atoms with van der Waals surface area (Å²) in [5.41, 5.74) is 7.25. The van der Waals surface area contributed by atoms with Crippen LogP contribution in [0, 0.1) is 5.92 Å². The predicted molar refractivity (Wildman–Crippen MR) is 134 cm³/mol. The lowest BCUT2D eigenvalue weighted by Gasteiger charge is -2.29. The molecular formula is C26H37N5O3. The molecule has 3 N–H and O–H groups in total. The highest BCUT2D eigenvalue weighted by molar-refractivity contribution is 5.99. The van der Waals surface area contributed by atoms with Crippen LogP contribution in [0.5, 0.6) is 0 Å². The van der Waals surface area contributed by atoms with Crippen LogP contribution in [-0.4, -0.2) is 47.0 Å². The first-order valence-electron chi connectivity index (χ1n) is 12.0. The second-order valence-corrected chi connectivity index (χ2v) is 9.81. The lowest BCUT2D eigenvalue weighted by molar-refractivity contribution is 0.0713. The van der Waals surface area contributed by atoms with E-state index in [0.717, 1.165) is 6.42 Å². The number of hydrogen-bond donors (Lipinski definition) is 3. The third-order valence-electron chi connectivity index (χ3n) is 6.44. The molecule has 184 valence electrons. The van der Waals surface area contributed by atoms with Crippen LogP contribution in [0.1, 0.15) is 79.4 Å². The van der Waals surface area contributed by atoms with Gasteiger partial charge in [0.25, 0.3) is 11.8 Å². The highest BCUT2D eigenvalue weighted by Crippen LogP contribution is 2.25. The second-order valence-electron chi connectivity index (χ2n) is 9.81. The summed E-state index contributed by atoms with van der Waals surface area (Å²) in [5, 5.41) is 2.79. The molecule has 1 saturated heterocycles. The van der Waals surface area contributed by atoms with Gasteiger partial charge in [0.1, 0.15) is 11.1 Å². The summed E-state index contributed by atoms with van der Waals surface area (Å²) < 4.78 is 1.75. The normalized spacial score (nSPS) is 18.8. The van der Waals surface area contributed by atoms with E-state index >= 15 is 0 Å². The predicted octanol–water partition coefficient (Wildman–Crippen LogP) is 2.88. The van der Waals surface area contributed by atoms with Crippen molar-refractivity contribution in [2.24, 2.45) is 5.92 Å². The molecule has 0 spiro atoms. The minimum absolute atomic E-state index is 0.00371. The summed E-state index contributed by atoms with van der Waals surface area (Å²) in [6.45, 7) is 10.3. The first kappa shape index (κ1) is 25.6. The first-order chi connectivity index (χ1) is 16.1. The van der Waals surface area contributed by atoms with Gasteiger partial charge < -0.3 is 14.8 Å². The number of carbonyl (C=O) groups is 2. The van der Waals surface area contributed by atoms with E-state index in [1.807, 2.05) is 52.8 Å². The van der Waals surface area contributed by atoms with Gasteiger partial charge >= 0.3 is 0 Å². The maximum Gasteiger partial charge on any atom is 0.259 e. The lowest BCUT2D eigenvalue weighted by atomic mass is 9.98. The number of pyridine rings is 1. The Morgan fingerprint density at radius 1 is 1.06 bits per heavy atom. The van der Waals surface area contributed by atoms with Gasteiger partial charge in [-0.2, -0.15) is 0 Å². The second kappa shape index (κ2) is 11.0. The Kier molecular flexibility index (Phi) is 8.28. The van der Waals surface area contributed by atoms with E-state index in [4.69, 9.17) is 0 Å². The monoisotopic (exact) mass is 467 g/mol. The fourth-order valence-corrected chi connectivity index (χ4v) is 4.05. The Balaban J connectivity index is 1.82. The van der Waals surface area contributed by atoms with Gasteiger partial charge in [-0.3, -0.25) is 19.8 Å². The number of nitrogens with zero attached hydrogens (tertiary/aromatic N) is 2. The number of carbonyl (C=O) groups excluding carboxylic acids is 2. The molecule has 0 aliphatic carbocycles. The van der Waals surface area contributed by atoms with E-state index in [1.165, 1.54) is 11.8 Å². The fraction of sp³-hybridized carbons (Fsp3) is 0.500. The molecule has 3 unspecified atom stereocenters. The molecule has 1 aromatic heterocycles. The topological polar surface area (TPSA) is 95.5 Å². The molecule has 1 aromatic carbocycles. The van der Waals surface area contributed by atoms with Crippen LogP contribution in [-0.2, 0) is 0 Å². The van der Waals surface area contributed by atoms with Crippen LogP contribution < -0.4 is 21.6 Å². The van der Waals surface area contributed by atoms with Gasteiger partial charge in [0.05, 0.1) is 0 Å². The van der Waals surface area contributed by atoms with Gasteiger partial charge in [-0.05, 0) is 38.7 Å². The molecule has 8 heteroatoms. The summed E-state index contributed by atoms with van der Waals surface area (Å²) in [6, 6.07) is 10.1. The number of hydrazine groups is 1. The molecule has 34 heavy (non-hydrogen) atoms. The summed E-state index contributed by atoms with van der Waals surface area (Å²) in [7, 11) is 1.70. The lowest BCUT2D eigenvalue weighted by Crippen LogP contribution is -2.49. The number of aromatic nitrogens is 1. The zero-order chi connectivity index (χ0) is 25.0. The number of hydrogen-bond acceptors (Lipinski definition) is 5. The number of rotatable bonds is 8. The maximum atomic E-state index is 13.5. The van der Waals surface area contributed by atoms with E-state index in [2.05, 4.69) is 28.3 Å². The molecule has 2 amide bonds. The Morgan fingerprint density at radius 3 is 2.32 bits per heavy atom. The molecule has 1 aliphatic heterocycles. The Hall–Kier alpha value is -2.97. The smallest absolute Gasteiger partial charge is 0.259 e. The van der Waals surface area contributed by atoms with Crippen molar-refractivity contribution in [1.29, 1.82) is 0 Å². The zero-order valence-corrected chi connectivity index (χ0v) is 21.0. The van der Waals surface area contributed by atoms with Crippen molar-refractivity contribution < 1.29 is 9.59 Å². The van der Waals surface area contributed by atoms with Crippen molar-refractivity contribution in [3.63, 3.8) is 0 Å². The highest BCUT2D eigenvalue weighted by atomic mass is 16.2. The van der Waals surface area contributed by atoms with Crippen LogP contribution in [0.25, 0.3) is 0 Å². The van der Waals surface area contributed by atoms with Gasteiger partial charge in [0.2, 0.25) is 5.43 Å². The van der Waals surface area contributed by atoms with Gasteiger partial charge in [0, 0.05) is 50.2 Å². The molecule has 3 rings (SSSR count). The van der Waals surface area contributed by atoms with Crippen molar-refractivity contribution in [3.8, 4) is 0 Å². The van der Waals surface area contributed by atoms with Gasteiger partial charge in [-0.25, -0.2) is 5.43 Å². The van der Waals surface area contributed by atoms with Crippen LogP contribution in [0.2, 0.25) is 0 Å². The van der Waals surface area contributed by atoms with Crippen LogP contribution >= 0.6 is 0 Å². The SMILES string of the molecule is CC(C)CNC(=O)c1cn(C(C)C)cc(C(=O)N(C)C(C)C2CC(c3ccccc3)NN2)c1=O. The molecule has 0 bridgehead atoms. The first-order valence-corrected chi connectivity index (χ1v) is 12.0. The Bertz CT molecular complexity index is 1060. The van der Waals surface area contributed by atoms with E-state index in [1.54, 1.807) is 22.7 Å². The molecule has 1 aliphatic rings. The van der Waals surface area contributed by atoms with Gasteiger partial charge in [-0.15, -0.1) is 0 Å². The van der Waals surface area contributed by atoms with Crippen molar-refractivity contribution >= 4 is 11.8 Å². The van der Waals surface area contributed by atoms with E-state index < -0.39 is 17.2 Å². The molecule has 2 heterocycles. The average molecular weight is 468 g/mol. The van der Waals surface area contributed by atoms with Gasteiger partial charge in [0.15, 0.2) is 0 Å². The van der Waals surface area contributed by atoms with Crippen molar-refractivity contribution in [1.82, 2.24) is 25.6 Å². The minimum Gasteiger partial charge on any atom is -0.352 e. The Morgan fingerprint density at radius 2 is 1.71 bits per heavy atom. The largest absolute Gasteiger partial charge is 0.352 e. The van der Waals surface area contributed by atoms with E-state index in [9.17, 15) is 14.4 Å². The van der Waals surface area contributed by atoms with Crippen LogP contribution in [0.3, 0.4) is 0 Å². The maximum absolute atomic E-state index is 13.5. The van der Waals surface area contributed by atoms with Crippen molar-refractivity contribution in [2.75, 3.05) is 13.6 Å². The molecular weight excluding hydrogens is 430 g/mol. The standard InChI is InChI=1S/C26H37N5O3/c1-16(2)13-27-25(33)20-14-31(17(3)4)15-21(24(20)32)26(34)30(6)18(5)22-12-23(29-28-22)19-10-8-7-9-11-19/h7-11,14-18,22-23,28-29H,12-13H2,1-6H3,(H,27,33). The quantitative estimate of drug-likeness (QED) is 0.555. The van der Waals surface area contributed by atoms with Gasteiger partial charge in [-0.1, -0.05) is 44.2 Å². The van der Waals surface area contributed by atoms with E-state index in [0.29, 0.717) is 6.54 Å². The summed E-state index contributed by atoms with van der Waals surface area (Å²) in [5.74, 6) is -0.596. The van der Waals surface area contributed by atoms with Crippen LogP contribution in [0.15, 0.2) is 47.5 Å². The molecule has 1 fully saturated rings. The zero-order valence-electron chi connectivity index (χ0n) is 21.0. The number of likely N-dealkylation sites (N-methyl/N-ethyl adjacent to an activating group) is 1. The third kappa shape index (κ3) is 5.74. The molecule has 2 aromatic rings. The van der Waals surface area contributed by atoms with E-state index in [-0.39, 0.29) is 41.2 Å². The minimum atomic E-state index is -0.540. The number of nitrogens with one attached hydrogen (secondary N) is 3. The summed E-state index contributed by atoms with van der Waals surface area (Å²) >= 11 is 0. The fourth-order valence-electron chi connectivity index (χ4n) is 4.05. The molecule has 0 saturated carbocycles. The number of amides is 2. The molecule has 8 nitrogen and oxygen atoms in total. The van der Waals surface area contributed by atoms with Crippen LogP contribution in [0.4, 0.5) is 0 Å². The average Bonchev–Trinajstić information content (AvgIpc) is 3.32. The third-order valence-corrected chi connectivity index (χ3v) is 6.44.